The summed E-state index contributed by atoms with van der Waals surface area (Å²) in [5, 5.41) is 11.4. The number of esters is 1. The minimum atomic E-state index is -0.261. The van der Waals surface area contributed by atoms with Crippen LogP contribution in [0.2, 0.25) is 0 Å². The van der Waals surface area contributed by atoms with Crippen molar-refractivity contribution >= 4 is 17.3 Å². The zero-order valence-corrected chi connectivity index (χ0v) is 11.2. The molecule has 1 aromatic carbocycles. The third kappa shape index (κ3) is 3.39. The number of thiazole rings is 1. The normalized spacial score (nSPS) is 9.89. The van der Waals surface area contributed by atoms with Crippen LogP contribution in [-0.2, 0) is 16.0 Å². The molecule has 5 heteroatoms. The highest BCUT2D eigenvalue weighted by Gasteiger charge is 2.09. The molecule has 0 aliphatic rings. The Kier molecular flexibility index (Phi) is 4.26. The van der Waals surface area contributed by atoms with Crippen LogP contribution in [0.1, 0.15) is 17.5 Å². The van der Waals surface area contributed by atoms with Crippen LogP contribution in [0.4, 0.5) is 0 Å². The van der Waals surface area contributed by atoms with E-state index < -0.39 is 0 Å². The van der Waals surface area contributed by atoms with Crippen molar-refractivity contribution in [3.8, 4) is 17.3 Å². The summed E-state index contributed by atoms with van der Waals surface area (Å²) < 4.78 is 4.88. The van der Waals surface area contributed by atoms with Gasteiger partial charge in [0.05, 0.1) is 30.4 Å². The maximum absolute atomic E-state index is 11.4. The summed E-state index contributed by atoms with van der Waals surface area (Å²) in [7, 11) is 0. The van der Waals surface area contributed by atoms with Crippen molar-refractivity contribution in [2.45, 2.75) is 13.3 Å². The van der Waals surface area contributed by atoms with Crippen molar-refractivity contribution in [2.24, 2.45) is 0 Å². The van der Waals surface area contributed by atoms with Gasteiger partial charge in [0.25, 0.3) is 0 Å². The highest BCUT2D eigenvalue weighted by molar-refractivity contribution is 7.10. The minimum Gasteiger partial charge on any atom is -0.466 e. The average molecular weight is 272 g/mol. The summed E-state index contributed by atoms with van der Waals surface area (Å²) in [5.74, 6) is -0.261. The molecule has 2 aromatic rings. The summed E-state index contributed by atoms with van der Waals surface area (Å²) in [6.07, 6.45) is 0.203. The predicted molar refractivity (Wildman–Crippen MR) is 72.6 cm³/mol. The Morgan fingerprint density at radius 2 is 2.16 bits per heavy atom. The molecule has 0 aliphatic heterocycles. The number of nitrogens with zero attached hydrogens (tertiary/aromatic N) is 2. The molecule has 0 bridgehead atoms. The van der Waals surface area contributed by atoms with E-state index >= 15 is 0 Å². The van der Waals surface area contributed by atoms with E-state index in [-0.39, 0.29) is 12.4 Å². The number of nitriles is 1. The SMILES string of the molecule is CCOC(=O)Cc1nc(-c2ccc(C#N)cc2)cs1. The number of carbonyl (C=O) groups excluding carboxylic acids is 1. The molecule has 0 spiro atoms. The van der Waals surface area contributed by atoms with Gasteiger partial charge >= 0.3 is 5.97 Å². The van der Waals surface area contributed by atoms with Crippen LogP contribution in [0, 0.1) is 11.3 Å². The number of benzene rings is 1. The van der Waals surface area contributed by atoms with Gasteiger partial charge in [-0.1, -0.05) is 12.1 Å². The zero-order chi connectivity index (χ0) is 13.7. The fourth-order valence-corrected chi connectivity index (χ4v) is 2.36. The first-order valence-corrected chi connectivity index (χ1v) is 6.71. The van der Waals surface area contributed by atoms with Crippen LogP contribution in [0.3, 0.4) is 0 Å². The van der Waals surface area contributed by atoms with E-state index in [1.165, 1.54) is 11.3 Å². The maximum atomic E-state index is 11.4. The standard InChI is InChI=1S/C14H12N2O2S/c1-2-18-14(17)7-13-16-12(9-19-13)11-5-3-10(8-15)4-6-11/h3-6,9H,2,7H2,1H3. The lowest BCUT2D eigenvalue weighted by Crippen LogP contribution is -2.07. The van der Waals surface area contributed by atoms with E-state index in [4.69, 9.17) is 10.00 Å². The third-order valence-corrected chi connectivity index (χ3v) is 3.31. The molecule has 0 unspecified atom stereocenters. The Bertz CT molecular complexity index is 611. The quantitative estimate of drug-likeness (QED) is 0.803. The van der Waals surface area contributed by atoms with Crippen LogP contribution < -0.4 is 0 Å². The Labute approximate surface area is 115 Å². The van der Waals surface area contributed by atoms with Crippen LogP contribution in [0.15, 0.2) is 29.6 Å². The van der Waals surface area contributed by atoms with Crippen molar-refractivity contribution in [2.75, 3.05) is 6.61 Å². The molecule has 0 saturated heterocycles. The van der Waals surface area contributed by atoms with Gasteiger partial charge in [0.15, 0.2) is 0 Å². The number of ether oxygens (including phenoxy) is 1. The van der Waals surface area contributed by atoms with E-state index in [0.717, 1.165) is 16.3 Å². The van der Waals surface area contributed by atoms with Gasteiger partial charge in [-0.15, -0.1) is 11.3 Å². The van der Waals surface area contributed by atoms with Gasteiger partial charge in [0.1, 0.15) is 5.01 Å². The summed E-state index contributed by atoms with van der Waals surface area (Å²) in [4.78, 5) is 15.7. The second-order valence-corrected chi connectivity index (χ2v) is 4.74. The number of hydrogen-bond donors (Lipinski definition) is 0. The predicted octanol–water partition coefficient (Wildman–Crippen LogP) is 2.79. The van der Waals surface area contributed by atoms with Gasteiger partial charge < -0.3 is 4.74 Å². The van der Waals surface area contributed by atoms with Crippen molar-refractivity contribution in [1.29, 1.82) is 5.26 Å². The monoisotopic (exact) mass is 272 g/mol. The Hall–Kier alpha value is -2.19. The maximum Gasteiger partial charge on any atom is 0.312 e. The highest BCUT2D eigenvalue weighted by atomic mass is 32.1. The molecule has 0 N–H and O–H groups in total. The Morgan fingerprint density at radius 3 is 2.79 bits per heavy atom. The van der Waals surface area contributed by atoms with Crippen LogP contribution in [0.25, 0.3) is 11.3 Å². The van der Waals surface area contributed by atoms with E-state index in [0.29, 0.717) is 12.2 Å². The summed E-state index contributed by atoms with van der Waals surface area (Å²) >= 11 is 1.43. The molecule has 19 heavy (non-hydrogen) atoms. The number of aromatic nitrogens is 1. The first-order valence-electron chi connectivity index (χ1n) is 5.83. The van der Waals surface area contributed by atoms with E-state index in [2.05, 4.69) is 11.1 Å². The van der Waals surface area contributed by atoms with Crippen molar-refractivity contribution in [3.63, 3.8) is 0 Å². The van der Waals surface area contributed by atoms with E-state index in [1.54, 1.807) is 19.1 Å². The minimum absolute atomic E-state index is 0.203. The van der Waals surface area contributed by atoms with Gasteiger partial charge in [0.2, 0.25) is 0 Å². The van der Waals surface area contributed by atoms with E-state index in [9.17, 15) is 4.79 Å². The average Bonchev–Trinajstić information content (AvgIpc) is 2.87. The lowest BCUT2D eigenvalue weighted by Gasteiger charge is -1.98. The molecule has 2 rings (SSSR count). The molecule has 4 nitrogen and oxygen atoms in total. The molecule has 0 amide bonds. The van der Waals surface area contributed by atoms with Crippen molar-refractivity contribution in [1.82, 2.24) is 4.98 Å². The van der Waals surface area contributed by atoms with Crippen LogP contribution >= 0.6 is 11.3 Å². The molecule has 0 radical (unpaired) electrons. The first kappa shape index (κ1) is 13.2. The van der Waals surface area contributed by atoms with Gasteiger partial charge in [-0.05, 0) is 19.1 Å². The number of rotatable bonds is 4. The van der Waals surface area contributed by atoms with Crippen molar-refractivity contribution < 1.29 is 9.53 Å². The molecular weight excluding hydrogens is 260 g/mol. The zero-order valence-electron chi connectivity index (χ0n) is 10.4. The molecule has 0 saturated carbocycles. The Morgan fingerprint density at radius 1 is 1.42 bits per heavy atom. The van der Waals surface area contributed by atoms with Crippen LogP contribution in [-0.4, -0.2) is 17.6 Å². The molecule has 0 atom stereocenters. The Balaban J connectivity index is 2.12. The fraction of sp³-hybridized carbons (Fsp3) is 0.214. The second kappa shape index (κ2) is 6.12. The summed E-state index contributed by atoms with van der Waals surface area (Å²) in [5.41, 5.74) is 2.37. The summed E-state index contributed by atoms with van der Waals surface area (Å²) in [6, 6.07) is 9.27. The highest BCUT2D eigenvalue weighted by Crippen LogP contribution is 2.22. The molecule has 0 aliphatic carbocycles. The van der Waals surface area contributed by atoms with Gasteiger partial charge in [-0.3, -0.25) is 4.79 Å². The van der Waals surface area contributed by atoms with E-state index in [1.807, 2.05) is 17.5 Å². The number of hydrogen-bond acceptors (Lipinski definition) is 5. The van der Waals surface area contributed by atoms with Gasteiger partial charge in [-0.25, -0.2) is 4.98 Å². The lowest BCUT2D eigenvalue weighted by molar-refractivity contribution is -0.142. The third-order valence-electron chi connectivity index (χ3n) is 2.46. The van der Waals surface area contributed by atoms with Gasteiger partial charge in [-0.2, -0.15) is 5.26 Å². The van der Waals surface area contributed by atoms with Crippen molar-refractivity contribution in [3.05, 3.63) is 40.2 Å². The topological polar surface area (TPSA) is 63.0 Å². The molecular formula is C14H12N2O2S. The molecule has 96 valence electrons. The molecule has 1 heterocycles. The summed E-state index contributed by atoms with van der Waals surface area (Å²) in [6.45, 7) is 2.16. The fourth-order valence-electron chi connectivity index (χ4n) is 1.58. The molecule has 1 aromatic heterocycles. The molecule has 0 fully saturated rings. The van der Waals surface area contributed by atoms with Gasteiger partial charge in [0, 0.05) is 10.9 Å². The smallest absolute Gasteiger partial charge is 0.312 e. The second-order valence-electron chi connectivity index (χ2n) is 3.80. The lowest BCUT2D eigenvalue weighted by atomic mass is 10.1. The number of carbonyl (C=O) groups is 1. The largest absolute Gasteiger partial charge is 0.466 e. The first-order chi connectivity index (χ1) is 9.22. The van der Waals surface area contributed by atoms with Crippen LogP contribution in [0.5, 0.6) is 0 Å².